The molecule has 0 bridgehead atoms. The summed E-state index contributed by atoms with van der Waals surface area (Å²) < 4.78 is 109. The van der Waals surface area contributed by atoms with Gasteiger partial charge in [-0.05, 0) is 37.4 Å². The van der Waals surface area contributed by atoms with Crippen molar-refractivity contribution in [3.8, 4) is 11.5 Å². The molecule has 0 saturated heterocycles. The first-order valence-corrected chi connectivity index (χ1v) is 4.05. The van der Waals surface area contributed by atoms with Crippen LogP contribution in [0, 0.1) is 0 Å². The van der Waals surface area contributed by atoms with Crippen LogP contribution < -0.4 is 14.8 Å². The standard InChI is InChI=1S/C12H17NO2/c1-3-13-9(2)6-10-4-5-11-12(7-10)15-8-14-11/h4-5,7,9,13H,3,6,8H2,1-2H3/t9-/m0/s1/i1D3,2D3,3D2,6D2,8D2,9D. The Kier molecular flexibility index (Phi) is 0.881. The fraction of sp³-hybridized carbons (Fsp3) is 0.500. The van der Waals surface area contributed by atoms with Crippen LogP contribution in [0.4, 0.5) is 0 Å². The highest BCUT2D eigenvalue weighted by Gasteiger charge is 2.13. The Morgan fingerprint density at radius 1 is 1.67 bits per heavy atom. The third-order valence-corrected chi connectivity index (χ3v) is 1.70. The van der Waals surface area contributed by atoms with Crippen molar-refractivity contribution in [2.75, 3.05) is 13.2 Å². The van der Waals surface area contributed by atoms with E-state index in [9.17, 15) is 0 Å². The molecule has 1 aliphatic rings. The first kappa shape index (κ1) is 2.92. The zero-order valence-corrected chi connectivity index (χ0v) is 7.55. The van der Waals surface area contributed by atoms with Gasteiger partial charge in [0.15, 0.2) is 11.5 Å². The molecule has 1 aliphatic heterocycles. The van der Waals surface area contributed by atoms with E-state index in [1.807, 2.05) is 0 Å². The van der Waals surface area contributed by atoms with E-state index in [4.69, 9.17) is 27.3 Å². The maximum Gasteiger partial charge on any atom is 0.231 e. The Labute approximate surface area is 109 Å². The van der Waals surface area contributed by atoms with Crippen molar-refractivity contribution in [1.82, 2.24) is 5.32 Å². The molecule has 0 aromatic heterocycles. The number of rotatable bonds is 4. The third kappa shape index (κ3) is 2.42. The molecule has 15 heavy (non-hydrogen) atoms. The van der Waals surface area contributed by atoms with Crippen LogP contribution in [-0.4, -0.2) is 19.3 Å². The Balaban J connectivity index is 2.55. The highest BCUT2D eigenvalue weighted by Crippen LogP contribution is 2.32. The molecule has 0 unspecified atom stereocenters. The number of nitrogens with one attached hydrogen (secondary N) is 1. The normalized spacial score (nSPS) is 37.2. The lowest BCUT2D eigenvalue weighted by atomic mass is 10.1. The van der Waals surface area contributed by atoms with Crippen molar-refractivity contribution in [3.05, 3.63) is 23.8 Å². The van der Waals surface area contributed by atoms with Crippen LogP contribution in [0.1, 0.15) is 37.1 Å². The predicted molar refractivity (Wildman–Crippen MR) is 59.4 cm³/mol. The van der Waals surface area contributed by atoms with Crippen molar-refractivity contribution in [2.45, 2.75) is 26.1 Å². The van der Waals surface area contributed by atoms with Gasteiger partial charge in [0, 0.05) is 21.1 Å². The third-order valence-electron chi connectivity index (χ3n) is 1.70. The fourth-order valence-electron chi connectivity index (χ4n) is 1.10. The second-order valence-corrected chi connectivity index (χ2v) is 2.70. The van der Waals surface area contributed by atoms with Crippen molar-refractivity contribution >= 4 is 0 Å². The zero-order chi connectivity index (χ0) is 22.0. The predicted octanol–water partition coefficient (Wildman–Crippen LogP) is 1.96. The number of likely N-dealkylation sites (N-methyl/N-ethyl adjacent to an activating group) is 1. The fourth-order valence-corrected chi connectivity index (χ4v) is 1.10. The summed E-state index contributed by atoms with van der Waals surface area (Å²) in [5, 5.41) is 1.53. The summed E-state index contributed by atoms with van der Waals surface area (Å²) in [6.45, 7) is -12.8. The van der Waals surface area contributed by atoms with Gasteiger partial charge < -0.3 is 14.8 Å². The molecule has 0 amide bonds. The first-order chi connectivity index (χ1) is 12.2. The van der Waals surface area contributed by atoms with Gasteiger partial charge in [0.2, 0.25) is 6.75 Å². The van der Waals surface area contributed by atoms with E-state index in [0.29, 0.717) is 0 Å². The lowest BCUT2D eigenvalue weighted by molar-refractivity contribution is 0.174. The van der Waals surface area contributed by atoms with E-state index in [2.05, 4.69) is 0 Å². The van der Waals surface area contributed by atoms with Crippen molar-refractivity contribution < 1.29 is 27.3 Å². The van der Waals surface area contributed by atoms with Gasteiger partial charge in [0.1, 0.15) is 2.74 Å². The molecule has 3 heteroatoms. The molecule has 1 N–H and O–H groups in total. The molecular formula is C12H17NO2. The van der Waals surface area contributed by atoms with E-state index in [1.54, 1.807) is 0 Å². The van der Waals surface area contributed by atoms with Crippen LogP contribution in [0.25, 0.3) is 0 Å². The molecule has 0 saturated carbocycles. The van der Waals surface area contributed by atoms with Crippen molar-refractivity contribution in [2.24, 2.45) is 0 Å². The van der Waals surface area contributed by atoms with Crippen LogP contribution >= 0.6 is 0 Å². The molecule has 1 aromatic carbocycles. The molecule has 0 fully saturated rings. The summed E-state index contributed by atoms with van der Waals surface area (Å²) in [5.41, 5.74) is -0.479. The Hall–Kier alpha value is -1.22. The molecule has 1 aromatic rings. The van der Waals surface area contributed by atoms with Gasteiger partial charge >= 0.3 is 0 Å². The maximum atomic E-state index is 8.24. The van der Waals surface area contributed by atoms with Gasteiger partial charge in [-0.15, -0.1) is 0 Å². The SMILES string of the molecule is [2H]C1([2H])Oc2ccc(C([2H])([2H])[C@@]([2H])(NC([2H])([2H])C([2H])([2H])[2H])C([2H])([2H])[2H])cc2O1. The van der Waals surface area contributed by atoms with Crippen molar-refractivity contribution in [3.63, 3.8) is 0 Å². The van der Waals surface area contributed by atoms with Gasteiger partial charge in [-0.2, -0.15) is 0 Å². The van der Waals surface area contributed by atoms with E-state index < -0.39 is 44.9 Å². The van der Waals surface area contributed by atoms with E-state index >= 15 is 0 Å². The van der Waals surface area contributed by atoms with E-state index in [1.165, 1.54) is 5.32 Å². The summed E-state index contributed by atoms with van der Waals surface area (Å²) in [6, 6.07) is -0.386. The lowest BCUT2D eigenvalue weighted by Gasteiger charge is -2.12. The summed E-state index contributed by atoms with van der Waals surface area (Å²) in [6.07, 6.45) is -3.16. The van der Waals surface area contributed by atoms with Crippen LogP contribution in [0.2, 0.25) is 0 Å². The van der Waals surface area contributed by atoms with Gasteiger partial charge in [-0.25, -0.2) is 0 Å². The zero-order valence-electron chi connectivity index (χ0n) is 20.5. The Bertz CT molecular complexity index is 757. The van der Waals surface area contributed by atoms with E-state index in [0.717, 1.165) is 18.2 Å². The largest absolute Gasteiger partial charge is 0.454 e. The van der Waals surface area contributed by atoms with Crippen molar-refractivity contribution in [1.29, 1.82) is 0 Å². The molecule has 2 rings (SSSR count). The molecule has 0 spiro atoms. The topological polar surface area (TPSA) is 30.5 Å². The average molecular weight is 220 g/mol. The van der Waals surface area contributed by atoms with Crippen LogP contribution in [0.5, 0.6) is 11.5 Å². The van der Waals surface area contributed by atoms with Crippen LogP contribution in [0.15, 0.2) is 18.2 Å². The van der Waals surface area contributed by atoms with Crippen LogP contribution in [-0.2, 0) is 6.37 Å². The molecule has 3 nitrogen and oxygen atoms in total. The lowest BCUT2D eigenvalue weighted by Crippen LogP contribution is -2.27. The first-order valence-electron chi connectivity index (χ1n) is 10.6. The van der Waals surface area contributed by atoms with E-state index in [-0.39, 0.29) is 11.5 Å². The summed E-state index contributed by atoms with van der Waals surface area (Å²) in [4.78, 5) is 0. The second kappa shape index (κ2) is 4.53. The molecule has 0 aliphatic carbocycles. The maximum absolute atomic E-state index is 8.24. The number of hydrogen-bond acceptors (Lipinski definition) is 3. The van der Waals surface area contributed by atoms with Gasteiger partial charge in [0.25, 0.3) is 0 Å². The summed E-state index contributed by atoms with van der Waals surface area (Å²) in [5.74, 6) is -0.335. The quantitative estimate of drug-likeness (QED) is 0.841. The second-order valence-electron chi connectivity index (χ2n) is 2.70. The number of fused-ring (bicyclic) bond motifs is 1. The minimum absolute atomic E-state index is 0.0835. The average Bonchev–Trinajstić information content (AvgIpc) is 2.76. The minimum Gasteiger partial charge on any atom is -0.454 e. The molecule has 1 heterocycles. The number of ether oxygens (including phenoxy) is 2. The number of hydrogen-bond donors (Lipinski definition) is 1. The Morgan fingerprint density at radius 2 is 2.60 bits per heavy atom. The molecule has 0 radical (unpaired) electrons. The monoisotopic (exact) mass is 220 g/mol. The van der Waals surface area contributed by atoms with Gasteiger partial charge in [-0.1, -0.05) is 12.9 Å². The molecule has 1 atom stereocenters. The number of benzene rings is 1. The molecule has 82 valence electrons. The summed E-state index contributed by atoms with van der Waals surface area (Å²) in [7, 11) is 0. The Morgan fingerprint density at radius 3 is 3.47 bits per heavy atom. The highest BCUT2D eigenvalue weighted by atomic mass is 16.7. The minimum atomic E-state index is -3.50. The van der Waals surface area contributed by atoms with Gasteiger partial charge in [0.05, 0.1) is 0 Å². The highest BCUT2D eigenvalue weighted by molar-refractivity contribution is 5.44. The summed E-state index contributed by atoms with van der Waals surface area (Å²) >= 11 is 0. The van der Waals surface area contributed by atoms with Gasteiger partial charge in [-0.3, -0.25) is 0 Å². The smallest absolute Gasteiger partial charge is 0.231 e. The molecular weight excluding hydrogens is 190 g/mol. The van der Waals surface area contributed by atoms with Crippen LogP contribution in [0.3, 0.4) is 0 Å².